The van der Waals surface area contributed by atoms with Gasteiger partial charge < -0.3 is 5.32 Å². The molecule has 1 N–H and O–H groups in total. The molecule has 2 unspecified atom stereocenters. The Hall–Kier alpha value is -1.34. The second kappa shape index (κ2) is 5.13. The molecular formula is C12H18N4. The van der Waals surface area contributed by atoms with Crippen molar-refractivity contribution in [2.75, 3.05) is 0 Å². The monoisotopic (exact) mass is 218 g/mol. The van der Waals surface area contributed by atoms with E-state index in [0.29, 0.717) is 6.04 Å². The molecule has 1 heterocycles. The van der Waals surface area contributed by atoms with Crippen molar-refractivity contribution >= 4 is 0 Å². The molecule has 0 aromatic carbocycles. The standard InChI is InChI=1S/C12H18N4/c1-2-16-9-10(8-15-16)7-14-12-5-3-4-11(12)6-13/h8-9,11-12,14H,2-5,7H2,1H3. The number of nitriles is 1. The van der Waals surface area contributed by atoms with E-state index in [9.17, 15) is 0 Å². The lowest BCUT2D eigenvalue weighted by Gasteiger charge is -2.14. The number of nitrogens with zero attached hydrogens (tertiary/aromatic N) is 3. The van der Waals surface area contributed by atoms with Crippen molar-refractivity contribution in [3.8, 4) is 6.07 Å². The third kappa shape index (κ3) is 2.42. The summed E-state index contributed by atoms with van der Waals surface area (Å²) in [5, 5.41) is 16.7. The second-order valence-electron chi connectivity index (χ2n) is 4.36. The summed E-state index contributed by atoms with van der Waals surface area (Å²) in [6, 6.07) is 2.75. The molecule has 16 heavy (non-hydrogen) atoms. The van der Waals surface area contributed by atoms with E-state index in [1.54, 1.807) is 0 Å². The smallest absolute Gasteiger partial charge is 0.0672 e. The summed E-state index contributed by atoms with van der Waals surface area (Å²) in [4.78, 5) is 0. The molecular weight excluding hydrogens is 200 g/mol. The third-order valence-corrected chi connectivity index (χ3v) is 3.26. The van der Waals surface area contributed by atoms with Gasteiger partial charge in [-0.25, -0.2) is 0 Å². The summed E-state index contributed by atoms with van der Waals surface area (Å²) in [7, 11) is 0. The number of aryl methyl sites for hydroxylation is 1. The molecule has 0 spiro atoms. The zero-order chi connectivity index (χ0) is 11.4. The average Bonchev–Trinajstić information content (AvgIpc) is 2.94. The Morgan fingerprint density at radius 3 is 3.19 bits per heavy atom. The molecule has 1 aliphatic carbocycles. The Labute approximate surface area is 96.3 Å². The first-order valence-electron chi connectivity index (χ1n) is 5.97. The normalized spacial score (nSPS) is 24.5. The summed E-state index contributed by atoms with van der Waals surface area (Å²) in [5.41, 5.74) is 1.20. The highest BCUT2D eigenvalue weighted by atomic mass is 15.3. The fourth-order valence-corrected chi connectivity index (χ4v) is 2.28. The van der Waals surface area contributed by atoms with Crippen molar-refractivity contribution in [1.82, 2.24) is 15.1 Å². The minimum Gasteiger partial charge on any atom is -0.308 e. The Morgan fingerprint density at radius 2 is 2.50 bits per heavy atom. The Balaban J connectivity index is 1.85. The number of hydrogen-bond donors (Lipinski definition) is 1. The topological polar surface area (TPSA) is 53.6 Å². The molecule has 0 radical (unpaired) electrons. The van der Waals surface area contributed by atoms with Crippen LogP contribution in [0, 0.1) is 17.2 Å². The Kier molecular flexibility index (Phi) is 3.58. The first-order valence-corrected chi connectivity index (χ1v) is 5.97. The van der Waals surface area contributed by atoms with Gasteiger partial charge in [-0.15, -0.1) is 0 Å². The number of nitrogens with one attached hydrogen (secondary N) is 1. The lowest BCUT2D eigenvalue weighted by Crippen LogP contribution is -2.31. The molecule has 4 heteroatoms. The van der Waals surface area contributed by atoms with Gasteiger partial charge in [0.1, 0.15) is 0 Å². The summed E-state index contributed by atoms with van der Waals surface area (Å²) >= 11 is 0. The lowest BCUT2D eigenvalue weighted by molar-refractivity contribution is 0.464. The van der Waals surface area contributed by atoms with Crippen molar-refractivity contribution < 1.29 is 0 Å². The number of aromatic nitrogens is 2. The molecule has 0 aliphatic heterocycles. The molecule has 1 aliphatic rings. The molecule has 1 fully saturated rings. The highest BCUT2D eigenvalue weighted by molar-refractivity contribution is 5.05. The van der Waals surface area contributed by atoms with Crippen LogP contribution in [0.5, 0.6) is 0 Å². The minimum atomic E-state index is 0.196. The van der Waals surface area contributed by atoms with Gasteiger partial charge in [0.25, 0.3) is 0 Å². The molecule has 0 bridgehead atoms. The van der Waals surface area contributed by atoms with Crippen molar-refractivity contribution in [3.63, 3.8) is 0 Å². The van der Waals surface area contributed by atoms with Crippen molar-refractivity contribution in [2.24, 2.45) is 5.92 Å². The summed E-state index contributed by atoms with van der Waals surface area (Å²) in [6.45, 7) is 3.81. The van der Waals surface area contributed by atoms with Crippen molar-refractivity contribution in [3.05, 3.63) is 18.0 Å². The SMILES string of the molecule is CCn1cc(CNC2CCCC2C#N)cn1. The van der Waals surface area contributed by atoms with Gasteiger partial charge in [0.05, 0.1) is 18.2 Å². The van der Waals surface area contributed by atoms with Crippen LogP contribution in [0.4, 0.5) is 0 Å². The van der Waals surface area contributed by atoms with Gasteiger partial charge in [-0.3, -0.25) is 4.68 Å². The van der Waals surface area contributed by atoms with Crippen LogP contribution in [0.1, 0.15) is 31.7 Å². The van der Waals surface area contributed by atoms with Crippen LogP contribution in [0.15, 0.2) is 12.4 Å². The minimum absolute atomic E-state index is 0.196. The molecule has 0 saturated heterocycles. The van der Waals surface area contributed by atoms with Gasteiger partial charge in [0, 0.05) is 30.9 Å². The second-order valence-corrected chi connectivity index (χ2v) is 4.36. The highest BCUT2D eigenvalue weighted by Gasteiger charge is 2.26. The van der Waals surface area contributed by atoms with E-state index < -0.39 is 0 Å². The summed E-state index contributed by atoms with van der Waals surface area (Å²) in [6.07, 6.45) is 7.29. The van der Waals surface area contributed by atoms with E-state index in [1.807, 2.05) is 10.9 Å². The molecule has 86 valence electrons. The predicted molar refractivity (Wildman–Crippen MR) is 61.5 cm³/mol. The van der Waals surface area contributed by atoms with Crippen molar-refractivity contribution in [1.29, 1.82) is 5.26 Å². The number of rotatable bonds is 4. The molecule has 2 rings (SSSR count). The highest BCUT2D eigenvalue weighted by Crippen LogP contribution is 2.24. The van der Waals surface area contributed by atoms with E-state index in [2.05, 4.69) is 29.6 Å². The summed E-state index contributed by atoms with van der Waals surface area (Å²) < 4.78 is 1.92. The first kappa shape index (κ1) is 11.2. The van der Waals surface area contributed by atoms with Gasteiger partial charge >= 0.3 is 0 Å². The van der Waals surface area contributed by atoms with Crippen LogP contribution in [0.3, 0.4) is 0 Å². The van der Waals surface area contributed by atoms with Gasteiger partial charge in [0.15, 0.2) is 0 Å². The molecule has 1 saturated carbocycles. The van der Waals surface area contributed by atoms with E-state index in [-0.39, 0.29) is 5.92 Å². The van der Waals surface area contributed by atoms with Gasteiger partial charge in [0.2, 0.25) is 0 Å². The zero-order valence-electron chi connectivity index (χ0n) is 9.69. The van der Waals surface area contributed by atoms with E-state index in [4.69, 9.17) is 5.26 Å². The Morgan fingerprint density at radius 1 is 1.62 bits per heavy atom. The first-order chi connectivity index (χ1) is 7.83. The maximum atomic E-state index is 8.97. The predicted octanol–water partition coefficient (Wildman–Crippen LogP) is 1.68. The van der Waals surface area contributed by atoms with Gasteiger partial charge in [-0.1, -0.05) is 6.42 Å². The fraction of sp³-hybridized carbons (Fsp3) is 0.667. The molecule has 1 aromatic heterocycles. The Bertz CT molecular complexity index is 377. The molecule has 1 aromatic rings. The van der Waals surface area contributed by atoms with Crippen LogP contribution in [0.2, 0.25) is 0 Å². The maximum absolute atomic E-state index is 8.97. The quantitative estimate of drug-likeness (QED) is 0.836. The van der Waals surface area contributed by atoms with Crippen molar-refractivity contribution in [2.45, 2.75) is 45.3 Å². The maximum Gasteiger partial charge on any atom is 0.0672 e. The van der Waals surface area contributed by atoms with E-state index in [1.165, 1.54) is 12.0 Å². The zero-order valence-corrected chi connectivity index (χ0v) is 9.69. The summed E-state index contributed by atoms with van der Waals surface area (Å²) in [5.74, 6) is 0.196. The molecule has 2 atom stereocenters. The molecule has 0 amide bonds. The van der Waals surface area contributed by atoms with Crippen LogP contribution in [-0.2, 0) is 13.1 Å². The average molecular weight is 218 g/mol. The van der Waals surface area contributed by atoms with E-state index >= 15 is 0 Å². The van der Waals surface area contributed by atoms with Gasteiger partial charge in [-0.05, 0) is 19.8 Å². The van der Waals surface area contributed by atoms with Crippen LogP contribution < -0.4 is 5.32 Å². The van der Waals surface area contributed by atoms with E-state index in [0.717, 1.165) is 25.9 Å². The van der Waals surface area contributed by atoms with Crippen LogP contribution in [-0.4, -0.2) is 15.8 Å². The van der Waals surface area contributed by atoms with Crippen LogP contribution in [0.25, 0.3) is 0 Å². The molecule has 4 nitrogen and oxygen atoms in total. The fourth-order valence-electron chi connectivity index (χ4n) is 2.28. The number of hydrogen-bond acceptors (Lipinski definition) is 3. The van der Waals surface area contributed by atoms with Crippen LogP contribution >= 0.6 is 0 Å². The largest absolute Gasteiger partial charge is 0.308 e. The third-order valence-electron chi connectivity index (χ3n) is 3.26. The lowest BCUT2D eigenvalue weighted by atomic mass is 10.1. The van der Waals surface area contributed by atoms with Gasteiger partial charge in [-0.2, -0.15) is 10.4 Å².